The Labute approximate surface area is 154 Å². The molecule has 0 aliphatic heterocycles. The summed E-state index contributed by atoms with van der Waals surface area (Å²) in [5.74, 6) is -0.524. The number of Topliss-reactive ketones (excluding diaryl/α,β-unsaturated/α-hetero) is 1. The van der Waals surface area contributed by atoms with Crippen LogP contribution in [0.25, 0.3) is 0 Å². The van der Waals surface area contributed by atoms with Crippen LogP contribution in [0.2, 0.25) is 0 Å². The second-order valence-corrected chi connectivity index (χ2v) is 7.14. The van der Waals surface area contributed by atoms with Gasteiger partial charge in [0.1, 0.15) is 5.82 Å². The Morgan fingerprint density at radius 3 is 2.58 bits per heavy atom. The number of hydrogen-bond acceptors (Lipinski definition) is 4. The van der Waals surface area contributed by atoms with E-state index in [4.69, 9.17) is 0 Å². The Morgan fingerprint density at radius 1 is 1.19 bits per heavy atom. The lowest BCUT2D eigenvalue weighted by Crippen LogP contribution is -2.20. The molecular weight excluding hydrogens is 353 g/mol. The number of thioether (sulfide) groups is 1. The number of nitrogens with zero attached hydrogens (tertiary/aromatic N) is 2. The van der Waals surface area contributed by atoms with Crippen molar-refractivity contribution in [1.82, 2.24) is 14.8 Å². The molecule has 0 spiro atoms. The van der Waals surface area contributed by atoms with Crippen molar-refractivity contribution >= 4 is 17.5 Å². The monoisotopic (exact) mass is 371 g/mol. The highest BCUT2D eigenvalue weighted by Crippen LogP contribution is 2.23. The van der Waals surface area contributed by atoms with Gasteiger partial charge < -0.3 is 0 Å². The average Bonchev–Trinajstić information content (AvgIpc) is 3.00. The molecule has 3 rings (SSSR count). The van der Waals surface area contributed by atoms with Crippen LogP contribution in [0.5, 0.6) is 0 Å². The van der Waals surface area contributed by atoms with Gasteiger partial charge in [0.15, 0.2) is 10.9 Å². The van der Waals surface area contributed by atoms with Crippen LogP contribution < -0.4 is 5.69 Å². The van der Waals surface area contributed by atoms with Gasteiger partial charge in [-0.05, 0) is 43.2 Å². The maximum atomic E-state index is 13.0. The first kappa shape index (κ1) is 18.1. The summed E-state index contributed by atoms with van der Waals surface area (Å²) in [4.78, 5) is 24.5. The summed E-state index contributed by atoms with van der Waals surface area (Å²) >= 11 is 1.21. The van der Waals surface area contributed by atoms with Crippen molar-refractivity contribution in [2.75, 3.05) is 0 Å². The van der Waals surface area contributed by atoms with Crippen LogP contribution in [0.3, 0.4) is 0 Å². The van der Waals surface area contributed by atoms with E-state index in [0.29, 0.717) is 23.7 Å². The smallest absolute Gasteiger partial charge is 0.293 e. The van der Waals surface area contributed by atoms with Crippen LogP contribution in [-0.4, -0.2) is 25.8 Å². The van der Waals surface area contributed by atoms with Gasteiger partial charge in [0.2, 0.25) is 0 Å². The molecule has 7 heteroatoms. The quantitative estimate of drug-likeness (QED) is 0.511. The van der Waals surface area contributed by atoms with E-state index in [0.717, 1.165) is 5.56 Å². The molecule has 1 unspecified atom stereocenters. The fourth-order valence-corrected chi connectivity index (χ4v) is 3.50. The summed E-state index contributed by atoms with van der Waals surface area (Å²) in [7, 11) is 0. The van der Waals surface area contributed by atoms with Gasteiger partial charge in [-0.25, -0.2) is 14.3 Å². The number of nitrogens with one attached hydrogen (secondary N) is 1. The molecule has 0 bridgehead atoms. The van der Waals surface area contributed by atoms with E-state index in [9.17, 15) is 14.0 Å². The third-order valence-corrected chi connectivity index (χ3v) is 5.06. The van der Waals surface area contributed by atoms with Crippen LogP contribution in [0.1, 0.15) is 22.8 Å². The molecular formula is C19H18FN3O2S. The maximum absolute atomic E-state index is 13.0. The number of benzene rings is 2. The van der Waals surface area contributed by atoms with Gasteiger partial charge in [0.25, 0.3) is 0 Å². The molecule has 0 aliphatic carbocycles. The molecule has 0 saturated heterocycles. The number of aryl methyl sites for hydroxylation is 1. The molecule has 1 heterocycles. The number of ketones is 1. The minimum Gasteiger partial charge on any atom is -0.293 e. The van der Waals surface area contributed by atoms with Gasteiger partial charge in [0.05, 0.1) is 5.25 Å². The van der Waals surface area contributed by atoms with Crippen molar-refractivity contribution in [1.29, 1.82) is 0 Å². The highest BCUT2D eigenvalue weighted by molar-refractivity contribution is 8.00. The lowest BCUT2D eigenvalue weighted by molar-refractivity contribution is 0.0994. The second-order valence-electron chi connectivity index (χ2n) is 5.83. The molecule has 0 saturated carbocycles. The minimum absolute atomic E-state index is 0.139. The molecule has 1 aromatic heterocycles. The molecule has 1 atom stereocenters. The van der Waals surface area contributed by atoms with Crippen LogP contribution in [0.15, 0.2) is 64.5 Å². The van der Waals surface area contributed by atoms with Crippen molar-refractivity contribution in [2.45, 2.75) is 30.3 Å². The van der Waals surface area contributed by atoms with E-state index >= 15 is 0 Å². The fraction of sp³-hybridized carbons (Fsp3) is 0.211. The molecule has 1 N–H and O–H groups in total. The number of carbonyl (C=O) groups is 1. The zero-order valence-corrected chi connectivity index (χ0v) is 15.0. The summed E-state index contributed by atoms with van der Waals surface area (Å²) in [6.45, 7) is 2.22. The van der Waals surface area contributed by atoms with Crippen molar-refractivity contribution < 1.29 is 9.18 Å². The number of aromatic nitrogens is 3. The van der Waals surface area contributed by atoms with Gasteiger partial charge in [0, 0.05) is 12.1 Å². The summed E-state index contributed by atoms with van der Waals surface area (Å²) in [6.07, 6.45) is 0.689. The number of rotatable bonds is 7. The molecule has 26 heavy (non-hydrogen) atoms. The number of carbonyl (C=O) groups excluding carboxylic acids is 1. The molecule has 3 aromatic rings. The molecule has 0 radical (unpaired) electrons. The topological polar surface area (TPSA) is 67.8 Å². The molecule has 5 nitrogen and oxygen atoms in total. The SMILES string of the molecule is CC(Sc1n[nH]c(=O)n1CCc1ccccc1)C(=O)c1ccc(F)cc1. The Morgan fingerprint density at radius 2 is 1.88 bits per heavy atom. The maximum Gasteiger partial charge on any atom is 0.343 e. The van der Waals surface area contributed by atoms with E-state index in [1.807, 2.05) is 30.3 Å². The van der Waals surface area contributed by atoms with Crippen LogP contribution in [0.4, 0.5) is 4.39 Å². The molecule has 0 fully saturated rings. The Balaban J connectivity index is 1.70. The van der Waals surface area contributed by atoms with E-state index in [1.54, 1.807) is 6.92 Å². The Kier molecular flexibility index (Phi) is 5.68. The zero-order chi connectivity index (χ0) is 18.5. The third-order valence-electron chi connectivity index (χ3n) is 3.97. The third kappa shape index (κ3) is 4.29. The average molecular weight is 371 g/mol. The van der Waals surface area contributed by atoms with Crippen LogP contribution in [-0.2, 0) is 13.0 Å². The number of H-pyrrole nitrogens is 1. The van der Waals surface area contributed by atoms with Gasteiger partial charge >= 0.3 is 5.69 Å². The lowest BCUT2D eigenvalue weighted by Gasteiger charge is -2.11. The van der Waals surface area contributed by atoms with Crippen molar-refractivity contribution in [3.63, 3.8) is 0 Å². The first-order valence-electron chi connectivity index (χ1n) is 8.20. The second kappa shape index (κ2) is 8.14. The first-order chi connectivity index (χ1) is 12.5. The van der Waals surface area contributed by atoms with Crippen molar-refractivity contribution in [2.24, 2.45) is 0 Å². The number of aromatic amines is 1. The van der Waals surface area contributed by atoms with E-state index in [2.05, 4.69) is 10.2 Å². The highest BCUT2D eigenvalue weighted by atomic mass is 32.2. The zero-order valence-electron chi connectivity index (χ0n) is 14.2. The largest absolute Gasteiger partial charge is 0.343 e. The van der Waals surface area contributed by atoms with Crippen LogP contribution >= 0.6 is 11.8 Å². The Hall–Kier alpha value is -2.67. The van der Waals surface area contributed by atoms with Gasteiger partial charge in [-0.1, -0.05) is 42.1 Å². The fourth-order valence-electron chi connectivity index (χ4n) is 2.54. The lowest BCUT2D eigenvalue weighted by atomic mass is 10.1. The number of hydrogen-bond donors (Lipinski definition) is 1. The normalized spacial score (nSPS) is 12.1. The first-order valence-corrected chi connectivity index (χ1v) is 9.08. The predicted octanol–water partition coefficient (Wildman–Crippen LogP) is 3.32. The highest BCUT2D eigenvalue weighted by Gasteiger charge is 2.20. The van der Waals surface area contributed by atoms with E-state index in [-0.39, 0.29) is 17.3 Å². The molecule has 0 aliphatic rings. The van der Waals surface area contributed by atoms with Gasteiger partial charge in [-0.3, -0.25) is 9.36 Å². The predicted molar refractivity (Wildman–Crippen MR) is 99.0 cm³/mol. The minimum atomic E-state index is -0.453. The summed E-state index contributed by atoms with van der Waals surface area (Å²) in [5, 5.41) is 6.49. The molecule has 134 valence electrons. The van der Waals surface area contributed by atoms with Crippen molar-refractivity contribution in [3.05, 3.63) is 82.0 Å². The molecule has 2 aromatic carbocycles. The summed E-state index contributed by atoms with van der Waals surface area (Å²) in [6, 6.07) is 15.3. The van der Waals surface area contributed by atoms with Gasteiger partial charge in [-0.2, -0.15) is 0 Å². The van der Waals surface area contributed by atoms with E-state index < -0.39 is 5.25 Å². The molecule has 0 amide bonds. The van der Waals surface area contributed by atoms with Crippen LogP contribution in [0, 0.1) is 5.82 Å². The summed E-state index contributed by atoms with van der Waals surface area (Å²) in [5.41, 5.74) is 1.25. The van der Waals surface area contributed by atoms with E-state index in [1.165, 1.54) is 40.6 Å². The van der Waals surface area contributed by atoms with Crippen molar-refractivity contribution in [3.8, 4) is 0 Å². The van der Waals surface area contributed by atoms with Gasteiger partial charge in [-0.15, -0.1) is 5.10 Å². The summed E-state index contributed by atoms with van der Waals surface area (Å²) < 4.78 is 14.5. The standard InChI is InChI=1S/C19H18FN3O2S/c1-13(17(24)15-7-9-16(20)10-8-15)26-19-22-21-18(25)23(19)12-11-14-5-3-2-4-6-14/h2-10,13H,11-12H2,1H3,(H,21,25). The number of halogens is 1. The Bertz CT molecular complexity index is 935.